The van der Waals surface area contributed by atoms with E-state index in [1.54, 1.807) is 0 Å². The fraction of sp³-hybridized carbons (Fsp3) is 0.905. The molecule has 0 aliphatic heterocycles. The normalized spacial score (nSPS) is 13.8. The lowest BCUT2D eigenvalue weighted by Crippen LogP contribution is -2.53. The molecule has 0 rings (SSSR count). The molecule has 0 aliphatic rings. The summed E-state index contributed by atoms with van der Waals surface area (Å²) in [4.78, 5) is 50.6. The molecule has 1 atom stereocenters. The van der Waals surface area contributed by atoms with Gasteiger partial charge in [-0.1, -0.05) is 83.1 Å². The number of Topliss-reactive ketones (excluding diaryl/α,β-unsaturated/α-hetero) is 1. The summed E-state index contributed by atoms with van der Waals surface area (Å²) >= 11 is 4.50. The van der Waals surface area contributed by atoms with Crippen molar-refractivity contribution in [3.05, 3.63) is 0 Å². The number of hydrogen-bond donors (Lipinski definition) is 4. The number of ether oxygens (including phenoxy) is 2. The highest BCUT2D eigenvalue weighted by molar-refractivity contribution is 7.82. The third kappa shape index (κ3) is 25.4. The zero-order valence-electron chi connectivity index (χ0n) is 37.4. The van der Waals surface area contributed by atoms with Crippen molar-refractivity contribution >= 4 is 36.1 Å². The molecule has 310 valence electrons. The molecule has 0 saturated carbocycles. The van der Waals surface area contributed by atoms with Gasteiger partial charge >= 0.3 is 0 Å². The minimum absolute atomic E-state index is 0.00568. The number of carbonyl (C=O) groups is 4. The van der Waals surface area contributed by atoms with Gasteiger partial charge in [-0.05, 0) is 92.4 Å². The molecular weight excluding hydrogens is 675 g/mol. The largest absolute Gasteiger partial charge is 0.373 e. The molecule has 52 heavy (non-hydrogen) atoms. The Morgan fingerprint density at radius 2 is 1.13 bits per heavy atom. The van der Waals surface area contributed by atoms with Crippen molar-refractivity contribution in [1.29, 1.82) is 0 Å². The Morgan fingerprint density at radius 3 is 1.63 bits per heavy atom. The SMILES string of the molecule is CC.CC.CCC(=O)[C@@](C)(S)CCCCNC(=O)CCC(C)(C)OCC(C)(C)OCCNC(=O)C(C)(C)CC(C)(C)NC(=O)C(C)(C)CC(C)(C)C. The Bertz CT molecular complexity index is 1060. The molecule has 0 aromatic heterocycles. The minimum atomic E-state index is -0.706. The number of rotatable bonds is 23. The van der Waals surface area contributed by atoms with E-state index in [4.69, 9.17) is 9.47 Å². The molecule has 10 heteroatoms. The summed E-state index contributed by atoms with van der Waals surface area (Å²) in [5.74, 6) is 0.0257. The van der Waals surface area contributed by atoms with Gasteiger partial charge in [0, 0.05) is 42.3 Å². The van der Waals surface area contributed by atoms with Gasteiger partial charge in [0.25, 0.3) is 0 Å². The Kier molecular flexibility index (Phi) is 25.2. The maximum atomic E-state index is 13.1. The highest BCUT2D eigenvalue weighted by Crippen LogP contribution is 2.35. The summed E-state index contributed by atoms with van der Waals surface area (Å²) in [6.07, 6.45) is 4.94. The van der Waals surface area contributed by atoms with Crippen LogP contribution >= 0.6 is 12.6 Å². The number of hydrogen-bond acceptors (Lipinski definition) is 7. The number of unbranched alkanes of at least 4 members (excludes halogenated alkanes) is 1. The van der Waals surface area contributed by atoms with Gasteiger partial charge < -0.3 is 25.4 Å². The molecule has 0 aliphatic carbocycles. The molecule has 3 N–H and O–H groups in total. The summed E-state index contributed by atoms with van der Waals surface area (Å²) in [5.41, 5.74) is -2.88. The second-order valence-electron chi connectivity index (χ2n) is 18.3. The highest BCUT2D eigenvalue weighted by atomic mass is 32.1. The van der Waals surface area contributed by atoms with Crippen molar-refractivity contribution in [2.45, 2.75) is 204 Å². The van der Waals surface area contributed by atoms with E-state index < -0.39 is 32.3 Å². The standard InChI is InChI=1S/C38H73N3O6S.2C2H6/c1-16-28(42)38(15,48)20-17-18-22-39-29(43)19-21-36(11,12)47-27-37(13,14)46-24-23-40-30(44)34(7,8)26-35(9,10)41-31(45)33(5,6)25-32(2,3)4;2*1-2/h48H,16-27H2,1-15H3,(H,39,43)(H,40,44)(H,41,45);2*1-2H3/t38-;;/m0../s1. The van der Waals surface area contributed by atoms with Gasteiger partial charge in [-0.15, -0.1) is 0 Å². The van der Waals surface area contributed by atoms with Crippen LogP contribution in [0.2, 0.25) is 0 Å². The van der Waals surface area contributed by atoms with Crippen LogP contribution in [0, 0.1) is 16.2 Å². The van der Waals surface area contributed by atoms with Gasteiger partial charge in [0.2, 0.25) is 17.7 Å². The van der Waals surface area contributed by atoms with Crippen molar-refractivity contribution in [3.63, 3.8) is 0 Å². The van der Waals surface area contributed by atoms with Gasteiger partial charge in [0.15, 0.2) is 0 Å². The predicted molar refractivity (Wildman–Crippen MR) is 223 cm³/mol. The monoisotopic (exact) mass is 760 g/mol. The van der Waals surface area contributed by atoms with E-state index in [-0.39, 0.29) is 28.9 Å². The molecule has 3 amide bonds. The third-order valence-corrected chi connectivity index (χ3v) is 8.99. The molecule has 0 radical (unpaired) electrons. The van der Waals surface area contributed by atoms with Gasteiger partial charge in [-0.25, -0.2) is 0 Å². The van der Waals surface area contributed by atoms with Crippen molar-refractivity contribution in [1.82, 2.24) is 16.0 Å². The Morgan fingerprint density at radius 1 is 0.615 bits per heavy atom. The van der Waals surface area contributed by atoms with Gasteiger partial charge in [0.05, 0.1) is 29.2 Å². The molecule has 0 aromatic rings. The second kappa shape index (κ2) is 24.0. The lowest BCUT2D eigenvalue weighted by atomic mass is 9.74. The molecule has 0 saturated heterocycles. The summed E-state index contributed by atoms with van der Waals surface area (Å²) in [6, 6.07) is 0. The van der Waals surface area contributed by atoms with Crippen LogP contribution in [0.1, 0.15) is 183 Å². The highest BCUT2D eigenvalue weighted by Gasteiger charge is 2.39. The van der Waals surface area contributed by atoms with Crippen molar-refractivity contribution < 1.29 is 28.7 Å². The van der Waals surface area contributed by atoms with Gasteiger partial charge in [0.1, 0.15) is 5.78 Å². The van der Waals surface area contributed by atoms with E-state index in [2.05, 4.69) is 49.4 Å². The molecule has 9 nitrogen and oxygen atoms in total. The zero-order valence-corrected chi connectivity index (χ0v) is 38.3. The number of nitrogens with one attached hydrogen (secondary N) is 3. The smallest absolute Gasteiger partial charge is 0.226 e. The Balaban J connectivity index is -0.00000578. The average molecular weight is 760 g/mol. The lowest BCUT2D eigenvalue weighted by molar-refractivity contribution is -0.136. The van der Waals surface area contributed by atoms with E-state index in [9.17, 15) is 19.2 Å². The third-order valence-electron chi connectivity index (χ3n) is 8.52. The number of carbonyl (C=O) groups excluding carboxylic acids is 4. The quantitative estimate of drug-likeness (QED) is 0.0609. The minimum Gasteiger partial charge on any atom is -0.373 e. The molecule has 0 unspecified atom stereocenters. The lowest BCUT2D eigenvalue weighted by Gasteiger charge is -2.38. The summed E-state index contributed by atoms with van der Waals surface area (Å²) < 4.78 is 11.6. The number of thiol groups is 1. The first-order valence-electron chi connectivity index (χ1n) is 19.9. The summed E-state index contributed by atoms with van der Waals surface area (Å²) in [7, 11) is 0. The summed E-state index contributed by atoms with van der Waals surface area (Å²) in [6.45, 7) is 39.2. The predicted octanol–water partition coefficient (Wildman–Crippen LogP) is 9.25. The molecular formula is C42H85N3O6S. The second-order valence-corrected chi connectivity index (χ2v) is 19.3. The first kappa shape index (κ1) is 54.7. The van der Waals surface area contributed by atoms with Crippen LogP contribution in [0.5, 0.6) is 0 Å². The maximum absolute atomic E-state index is 13.1. The molecule has 0 heterocycles. The van der Waals surface area contributed by atoms with E-state index in [0.29, 0.717) is 58.4 Å². The summed E-state index contributed by atoms with van der Waals surface area (Å²) in [5, 5.41) is 9.15. The van der Waals surface area contributed by atoms with Gasteiger partial charge in [-0.2, -0.15) is 12.6 Å². The van der Waals surface area contributed by atoms with E-state index in [1.807, 2.05) is 111 Å². The van der Waals surface area contributed by atoms with Crippen LogP contribution in [0.4, 0.5) is 0 Å². The molecule has 0 bridgehead atoms. The molecule has 0 fully saturated rings. The average Bonchev–Trinajstić information content (AvgIpc) is 3.00. The van der Waals surface area contributed by atoms with Gasteiger partial charge in [-0.3, -0.25) is 19.2 Å². The molecule has 0 aromatic carbocycles. The van der Waals surface area contributed by atoms with Crippen LogP contribution < -0.4 is 16.0 Å². The topological polar surface area (TPSA) is 123 Å². The first-order chi connectivity index (χ1) is 23.5. The maximum Gasteiger partial charge on any atom is 0.226 e. The van der Waals surface area contributed by atoms with Crippen LogP contribution in [0.15, 0.2) is 0 Å². The van der Waals surface area contributed by atoms with Crippen LogP contribution in [0.25, 0.3) is 0 Å². The van der Waals surface area contributed by atoms with Crippen molar-refractivity contribution in [2.75, 3.05) is 26.3 Å². The van der Waals surface area contributed by atoms with E-state index in [0.717, 1.165) is 19.3 Å². The van der Waals surface area contributed by atoms with E-state index >= 15 is 0 Å². The van der Waals surface area contributed by atoms with Crippen molar-refractivity contribution in [2.24, 2.45) is 16.2 Å². The Labute approximate surface area is 326 Å². The van der Waals surface area contributed by atoms with Crippen molar-refractivity contribution in [3.8, 4) is 0 Å². The number of amides is 3. The van der Waals surface area contributed by atoms with Crippen LogP contribution in [0.3, 0.4) is 0 Å². The first-order valence-corrected chi connectivity index (χ1v) is 20.3. The fourth-order valence-electron chi connectivity index (χ4n) is 6.17. The van der Waals surface area contributed by atoms with E-state index in [1.165, 1.54) is 0 Å². The molecule has 0 spiro atoms. The zero-order chi connectivity index (χ0) is 41.8. The van der Waals surface area contributed by atoms with Crippen LogP contribution in [-0.2, 0) is 28.7 Å². The Hall–Kier alpha value is -1.65. The van der Waals surface area contributed by atoms with Crippen LogP contribution in [-0.4, -0.2) is 71.3 Å². The fourth-order valence-corrected chi connectivity index (χ4v) is 6.49. The number of ketones is 1.